The van der Waals surface area contributed by atoms with Gasteiger partial charge in [-0.25, -0.2) is 4.79 Å². The molecule has 328 valence electrons. The van der Waals surface area contributed by atoms with Crippen LogP contribution < -0.4 is 10.6 Å². The van der Waals surface area contributed by atoms with Crippen molar-refractivity contribution in [3.8, 4) is 11.8 Å². The Morgan fingerprint density at radius 2 is 1.73 bits per heavy atom. The highest BCUT2D eigenvalue weighted by Crippen LogP contribution is 2.46. The first-order valence-corrected chi connectivity index (χ1v) is 21.5. The molecule has 0 saturated heterocycles. The van der Waals surface area contributed by atoms with Crippen molar-refractivity contribution >= 4 is 41.0 Å². The summed E-state index contributed by atoms with van der Waals surface area (Å²) in [6.45, 7) is 30.0. The van der Waals surface area contributed by atoms with Crippen molar-refractivity contribution in [2.24, 2.45) is 28.2 Å². The smallest absolute Gasteiger partial charge is 0.407 e. The van der Waals surface area contributed by atoms with Crippen LogP contribution in [-0.4, -0.2) is 91.5 Å². The van der Waals surface area contributed by atoms with Crippen molar-refractivity contribution in [2.45, 2.75) is 127 Å². The number of carbonyl (C=O) groups is 3. The molecule has 3 rings (SSSR count). The molecule has 1 saturated carbocycles. The lowest BCUT2D eigenvalue weighted by atomic mass is 9.88. The largest absolute Gasteiger partial charge is 0.453 e. The van der Waals surface area contributed by atoms with E-state index < -0.39 is 18.2 Å². The van der Waals surface area contributed by atoms with E-state index in [1.165, 1.54) is 12.7 Å². The van der Waals surface area contributed by atoms with Crippen molar-refractivity contribution in [1.29, 1.82) is 0 Å². The zero-order valence-electron chi connectivity index (χ0n) is 39.0. The molecule has 2 aliphatic carbocycles. The molecule has 60 heavy (non-hydrogen) atoms. The fourth-order valence-electron chi connectivity index (χ4n) is 7.69. The van der Waals surface area contributed by atoms with Crippen LogP contribution in [0.15, 0.2) is 70.9 Å². The third-order valence-corrected chi connectivity index (χ3v) is 11.6. The number of methoxy groups -OCH3 is 2. The van der Waals surface area contributed by atoms with Crippen LogP contribution in [0.2, 0.25) is 0 Å². The normalized spacial score (nSPS) is 18.2. The molecule has 0 heterocycles. The van der Waals surface area contributed by atoms with E-state index in [-0.39, 0.29) is 47.1 Å². The molecule has 2 N–H and O–H groups in total. The van der Waals surface area contributed by atoms with Gasteiger partial charge < -0.3 is 29.9 Å². The highest BCUT2D eigenvalue weighted by molar-refractivity contribution is 5.94. The Balaban J connectivity index is 1.86. The molecule has 5 atom stereocenters. The van der Waals surface area contributed by atoms with Crippen LogP contribution >= 0.6 is 0 Å². The molecule has 0 bridgehead atoms. The second-order valence-electron chi connectivity index (χ2n) is 17.6. The monoisotopic (exact) mass is 824 g/mol. The Bertz CT molecular complexity index is 1920. The van der Waals surface area contributed by atoms with Crippen molar-refractivity contribution in [2.75, 3.05) is 39.2 Å². The van der Waals surface area contributed by atoms with Crippen molar-refractivity contribution in [3.05, 3.63) is 77.1 Å². The van der Waals surface area contributed by atoms with Crippen LogP contribution in [0.5, 0.6) is 0 Å². The SMILES string of the molecule is C=C(C)/C=C\c1cc(C2=CC=C(/C(C)=C/N=C(C)C(CC#CC)N(CC)C(=O)C(NC(=O)OC)C(C)C)C2C)ccc1NC(C)CN(CC1(C)CC1)C(=O)C(OC)C(C)C. The lowest BCUT2D eigenvalue weighted by Crippen LogP contribution is -2.55. The Morgan fingerprint density at radius 3 is 2.28 bits per heavy atom. The number of carbonyl (C=O) groups excluding carboxylic acids is 3. The maximum Gasteiger partial charge on any atom is 0.407 e. The standard InChI is InChI=1S/C50H73N5O5/c1-16-18-19-44(55(17-2)47(56)45(33(5)6)53-49(58)60-15)38(12)51-29-35(9)41-23-24-42(37(41)11)39-22-25-43(40(28-39)21-20-32(3)4)52-36(10)30-54(31-50(13)26-27-50)48(57)46(59-14)34(7)8/h20-25,28-29,33-34,36-37,44-46,52H,3,17,19,26-27,30-31H2,1-2,4-15H3,(H,53,58)/b21-20-,35-29+,51-38?. The Labute approximate surface area is 361 Å². The molecule has 5 unspecified atom stereocenters. The number of rotatable bonds is 21. The molecule has 0 aliphatic heterocycles. The summed E-state index contributed by atoms with van der Waals surface area (Å²) in [5.41, 5.74) is 8.42. The third kappa shape index (κ3) is 13.6. The van der Waals surface area contributed by atoms with Crippen LogP contribution in [0.1, 0.15) is 113 Å². The van der Waals surface area contributed by atoms with Gasteiger partial charge in [0, 0.05) is 62.7 Å². The number of likely N-dealkylation sites (N-methyl/N-ethyl adjacent to an activating group) is 1. The molecule has 0 aromatic heterocycles. The highest BCUT2D eigenvalue weighted by Gasteiger charge is 2.41. The number of amides is 3. The van der Waals surface area contributed by atoms with Crippen LogP contribution in [0.25, 0.3) is 11.6 Å². The summed E-state index contributed by atoms with van der Waals surface area (Å²) in [4.78, 5) is 48.4. The van der Waals surface area contributed by atoms with E-state index in [4.69, 9.17) is 14.5 Å². The van der Waals surface area contributed by atoms with E-state index in [9.17, 15) is 14.4 Å². The van der Waals surface area contributed by atoms with Gasteiger partial charge in [0.15, 0.2) is 0 Å². The zero-order chi connectivity index (χ0) is 44.9. The lowest BCUT2D eigenvalue weighted by Gasteiger charge is -2.34. The number of benzene rings is 1. The number of hydrogen-bond donors (Lipinski definition) is 2. The summed E-state index contributed by atoms with van der Waals surface area (Å²) < 4.78 is 10.5. The maximum absolute atomic E-state index is 13.9. The van der Waals surface area contributed by atoms with Gasteiger partial charge in [0.05, 0.1) is 13.2 Å². The lowest BCUT2D eigenvalue weighted by molar-refractivity contribution is -0.145. The minimum absolute atomic E-state index is 0.0113. The summed E-state index contributed by atoms with van der Waals surface area (Å²) in [6, 6.07) is 5.38. The number of hydrogen-bond acceptors (Lipinski definition) is 7. The van der Waals surface area contributed by atoms with Gasteiger partial charge in [-0.1, -0.05) is 84.1 Å². The van der Waals surface area contributed by atoms with E-state index in [1.54, 1.807) is 18.9 Å². The zero-order valence-corrected chi connectivity index (χ0v) is 39.0. The van der Waals surface area contributed by atoms with Crippen molar-refractivity contribution in [1.82, 2.24) is 15.1 Å². The second-order valence-corrected chi connectivity index (χ2v) is 17.6. The molecular formula is C50H73N5O5. The molecule has 10 heteroatoms. The van der Waals surface area contributed by atoms with Crippen LogP contribution in [0.4, 0.5) is 10.5 Å². The number of anilines is 1. The molecule has 1 aromatic carbocycles. The predicted molar refractivity (Wildman–Crippen MR) is 248 cm³/mol. The van der Waals surface area contributed by atoms with Gasteiger partial charge in [0.1, 0.15) is 12.1 Å². The summed E-state index contributed by atoms with van der Waals surface area (Å²) in [5.74, 6) is 6.00. The van der Waals surface area contributed by atoms with Gasteiger partial charge in [-0.15, -0.1) is 11.8 Å². The van der Waals surface area contributed by atoms with Crippen LogP contribution in [0.3, 0.4) is 0 Å². The van der Waals surface area contributed by atoms with Crippen LogP contribution in [0, 0.1) is 35.0 Å². The summed E-state index contributed by atoms with van der Waals surface area (Å²) in [5, 5.41) is 6.44. The Morgan fingerprint density at radius 1 is 1.05 bits per heavy atom. The van der Waals surface area contributed by atoms with E-state index in [2.05, 4.69) is 93.2 Å². The number of alkyl carbamates (subject to hydrolysis) is 1. The number of nitrogens with zero attached hydrogens (tertiary/aromatic N) is 3. The molecule has 2 aliphatic rings. The van der Waals surface area contributed by atoms with Gasteiger partial charge in [-0.05, 0) is 112 Å². The molecule has 10 nitrogen and oxygen atoms in total. The molecule has 0 spiro atoms. The van der Waals surface area contributed by atoms with E-state index in [0.717, 1.165) is 58.6 Å². The van der Waals surface area contributed by atoms with Gasteiger partial charge in [-0.3, -0.25) is 14.6 Å². The maximum atomic E-state index is 13.9. The third-order valence-electron chi connectivity index (χ3n) is 11.6. The first-order valence-electron chi connectivity index (χ1n) is 21.5. The number of nitrogens with one attached hydrogen (secondary N) is 2. The predicted octanol–water partition coefficient (Wildman–Crippen LogP) is 9.71. The topological polar surface area (TPSA) is 113 Å². The fourth-order valence-corrected chi connectivity index (χ4v) is 7.69. The van der Waals surface area contributed by atoms with E-state index in [1.807, 2.05) is 65.6 Å². The number of allylic oxidation sites excluding steroid dienone is 7. The highest BCUT2D eigenvalue weighted by atomic mass is 16.5. The molecule has 3 amide bonds. The van der Waals surface area contributed by atoms with Gasteiger partial charge in [-0.2, -0.15) is 0 Å². The van der Waals surface area contributed by atoms with E-state index in [0.29, 0.717) is 19.5 Å². The van der Waals surface area contributed by atoms with Crippen molar-refractivity contribution < 1.29 is 23.9 Å². The fraction of sp³-hybridized carbons (Fsp3) is 0.560. The first-order chi connectivity index (χ1) is 28.3. The van der Waals surface area contributed by atoms with Gasteiger partial charge in [0.2, 0.25) is 5.91 Å². The summed E-state index contributed by atoms with van der Waals surface area (Å²) >= 11 is 0. The van der Waals surface area contributed by atoms with Gasteiger partial charge in [0.25, 0.3) is 5.91 Å². The quantitative estimate of drug-likeness (QED) is 0.0726. The van der Waals surface area contributed by atoms with Crippen molar-refractivity contribution in [3.63, 3.8) is 0 Å². The molecule has 0 radical (unpaired) electrons. The Kier molecular flexibility index (Phi) is 18.7. The number of ether oxygens (including phenoxy) is 2. The summed E-state index contributed by atoms with van der Waals surface area (Å²) in [7, 11) is 2.91. The Hall–Kier alpha value is -4.88. The molecular weight excluding hydrogens is 751 g/mol. The summed E-state index contributed by atoms with van der Waals surface area (Å²) in [6.07, 6.45) is 11.9. The van der Waals surface area contributed by atoms with E-state index >= 15 is 0 Å². The molecule has 1 fully saturated rings. The van der Waals surface area contributed by atoms with Gasteiger partial charge >= 0.3 is 6.09 Å². The minimum Gasteiger partial charge on any atom is -0.453 e. The van der Waals surface area contributed by atoms with Crippen LogP contribution in [-0.2, 0) is 19.1 Å². The average Bonchev–Trinajstić information content (AvgIpc) is 3.80. The number of aliphatic imine (C=N–C) groups is 1. The average molecular weight is 824 g/mol. The first kappa shape index (κ1) is 49.5. The molecule has 1 aromatic rings. The second kappa shape index (κ2) is 22.6. The minimum atomic E-state index is -0.751.